The molecule has 7 nitrogen and oxygen atoms in total. The molecular weight excluding hydrogens is 427 g/mol. The van der Waals surface area contributed by atoms with Gasteiger partial charge in [0.25, 0.3) is 11.1 Å². The van der Waals surface area contributed by atoms with Gasteiger partial charge in [-0.25, -0.2) is 11.7 Å². The highest BCUT2D eigenvalue weighted by molar-refractivity contribution is 6.67. The third-order valence-corrected chi connectivity index (χ3v) is 3.08. The van der Waals surface area contributed by atoms with Crippen molar-refractivity contribution in [3.05, 3.63) is 70.8 Å². The summed E-state index contributed by atoms with van der Waals surface area (Å²) in [7, 11) is 0. The van der Waals surface area contributed by atoms with Crippen LogP contribution in [0.25, 0.3) is 0 Å². The number of carbonyl (C=O) groups excluding carboxylic acids is 2. The van der Waals surface area contributed by atoms with Crippen molar-refractivity contribution in [2.75, 3.05) is 0 Å². The summed E-state index contributed by atoms with van der Waals surface area (Å²) in [6, 6.07) is 14.5. The maximum absolute atomic E-state index is 11.0. The fraction of sp³-hybridized carbons (Fsp3) is 0.222. The van der Waals surface area contributed by atoms with Crippen LogP contribution < -0.4 is 22.7 Å². The fourth-order valence-electron chi connectivity index (χ4n) is 1.70. The molecule has 28 heavy (non-hydrogen) atoms. The Balaban J connectivity index is 0. The molecule has 0 saturated carbocycles. The Morgan fingerprint density at radius 3 is 1.50 bits per heavy atom. The summed E-state index contributed by atoms with van der Waals surface area (Å²) in [5.74, 6) is 8.88. The molecule has 0 atom stereocenters. The van der Waals surface area contributed by atoms with Crippen molar-refractivity contribution in [2.24, 2.45) is 11.7 Å². The van der Waals surface area contributed by atoms with Crippen LogP contribution >= 0.6 is 34.8 Å². The number of nitrogen functional groups attached to an aromatic ring is 1. The average Bonchev–Trinajstić information content (AvgIpc) is 2.62. The summed E-state index contributed by atoms with van der Waals surface area (Å²) in [4.78, 5) is 21.4. The standard InChI is InChI=1S/C8H7ClO.C8H10N2O.C2H4Cl2.H4N2O/c1-6-4-2-3-5-7(6)8(9)10;1-6-4-2-3-5-7(6)8(11)10-9;1-2(3)4;1-2-3/h2-5H,1H3;2-5H,9H2,1H3,(H,10,11);2H,1H3;2-3H,1H2. The van der Waals surface area contributed by atoms with Crippen LogP contribution in [0.5, 0.6) is 0 Å². The minimum Gasteiger partial charge on any atom is -0.302 e. The molecule has 10 heteroatoms. The second kappa shape index (κ2) is 17.4. The molecule has 0 radical (unpaired) electrons. The SMILES string of the molecule is CC(Cl)Cl.Cc1ccccc1C(=O)Cl.Cc1ccccc1C(=O)NN.NNO. The zero-order valence-corrected chi connectivity index (χ0v) is 18.0. The predicted molar refractivity (Wildman–Crippen MR) is 114 cm³/mol. The topological polar surface area (TPSA) is 130 Å². The molecule has 0 unspecified atom stereocenters. The van der Waals surface area contributed by atoms with E-state index in [2.05, 4.69) is 11.3 Å². The fourth-order valence-corrected chi connectivity index (χ4v) is 1.91. The summed E-state index contributed by atoms with van der Waals surface area (Å²) in [6.07, 6.45) is 0. The lowest BCUT2D eigenvalue weighted by Gasteiger charge is -2.01. The van der Waals surface area contributed by atoms with Crippen LogP contribution in [0.2, 0.25) is 0 Å². The Morgan fingerprint density at radius 2 is 1.25 bits per heavy atom. The molecule has 0 aliphatic heterocycles. The van der Waals surface area contributed by atoms with Crippen LogP contribution in [0.4, 0.5) is 0 Å². The van der Waals surface area contributed by atoms with E-state index >= 15 is 0 Å². The first-order valence-corrected chi connectivity index (χ1v) is 9.07. The summed E-state index contributed by atoms with van der Waals surface area (Å²) in [5, 5.41) is 6.71. The van der Waals surface area contributed by atoms with Gasteiger partial charge in [0.1, 0.15) is 4.84 Å². The third-order valence-electron chi connectivity index (χ3n) is 2.88. The lowest BCUT2D eigenvalue weighted by Crippen LogP contribution is -2.30. The highest BCUT2D eigenvalue weighted by Crippen LogP contribution is 2.09. The zero-order chi connectivity index (χ0) is 22.1. The summed E-state index contributed by atoms with van der Waals surface area (Å²) >= 11 is 15.3. The molecule has 0 aliphatic carbocycles. The van der Waals surface area contributed by atoms with Crippen molar-refractivity contribution >= 4 is 46.0 Å². The molecule has 2 rings (SSSR count). The number of rotatable bonds is 2. The molecule has 7 N–H and O–H groups in total. The molecule has 2 aromatic carbocycles. The monoisotopic (exact) mass is 450 g/mol. The van der Waals surface area contributed by atoms with E-state index in [9.17, 15) is 9.59 Å². The summed E-state index contributed by atoms with van der Waals surface area (Å²) in [6.45, 7) is 5.42. The number of carbonyl (C=O) groups is 2. The Morgan fingerprint density at radius 1 is 0.929 bits per heavy atom. The maximum Gasteiger partial charge on any atom is 0.265 e. The van der Waals surface area contributed by atoms with Crippen molar-refractivity contribution < 1.29 is 14.8 Å². The Kier molecular flexibility index (Phi) is 17.7. The van der Waals surface area contributed by atoms with Crippen molar-refractivity contribution in [2.45, 2.75) is 25.6 Å². The second-order valence-electron chi connectivity index (χ2n) is 5.03. The van der Waals surface area contributed by atoms with E-state index in [0.29, 0.717) is 11.1 Å². The number of benzene rings is 2. The van der Waals surface area contributed by atoms with Crippen LogP contribution in [0.3, 0.4) is 0 Å². The Bertz CT molecular complexity index is 713. The van der Waals surface area contributed by atoms with Crippen molar-refractivity contribution in [3.63, 3.8) is 0 Å². The number of nitrogens with one attached hydrogen (secondary N) is 2. The average molecular weight is 452 g/mol. The molecule has 0 spiro atoms. The molecule has 0 heterocycles. The molecule has 0 saturated heterocycles. The van der Waals surface area contributed by atoms with E-state index in [0.717, 1.165) is 11.1 Å². The van der Waals surface area contributed by atoms with E-state index < -0.39 is 5.24 Å². The van der Waals surface area contributed by atoms with E-state index in [1.165, 1.54) is 5.59 Å². The predicted octanol–water partition coefficient (Wildman–Crippen LogP) is 3.62. The normalized spacial score (nSPS) is 8.93. The van der Waals surface area contributed by atoms with Gasteiger partial charge in [-0.2, -0.15) is 0 Å². The van der Waals surface area contributed by atoms with Gasteiger partial charge in [0.05, 0.1) is 0 Å². The number of hydrogen-bond acceptors (Lipinski definition) is 6. The van der Waals surface area contributed by atoms with Crippen LogP contribution in [-0.2, 0) is 0 Å². The van der Waals surface area contributed by atoms with Gasteiger partial charge in [-0.15, -0.1) is 28.8 Å². The molecular formula is C18H25Cl3N4O3. The molecule has 156 valence electrons. The van der Waals surface area contributed by atoms with Crippen molar-refractivity contribution in [1.82, 2.24) is 11.0 Å². The van der Waals surface area contributed by atoms with E-state index in [1.54, 1.807) is 31.2 Å². The largest absolute Gasteiger partial charge is 0.302 e. The lowest BCUT2D eigenvalue weighted by atomic mass is 10.1. The third kappa shape index (κ3) is 14.4. The molecule has 2 aromatic rings. The number of halogens is 3. The highest BCUT2D eigenvalue weighted by atomic mass is 35.5. The number of alkyl halides is 2. The van der Waals surface area contributed by atoms with E-state index in [4.69, 9.17) is 45.9 Å². The molecule has 0 fully saturated rings. The smallest absolute Gasteiger partial charge is 0.265 e. The second-order valence-corrected chi connectivity index (χ2v) is 6.90. The molecule has 0 aliphatic rings. The number of amides is 1. The van der Waals surface area contributed by atoms with Gasteiger partial charge in [-0.1, -0.05) is 36.4 Å². The van der Waals surface area contributed by atoms with Gasteiger partial charge < -0.3 is 5.21 Å². The van der Waals surface area contributed by atoms with Crippen molar-refractivity contribution in [3.8, 4) is 0 Å². The summed E-state index contributed by atoms with van der Waals surface area (Å²) < 4.78 is 0. The van der Waals surface area contributed by atoms with Gasteiger partial charge in [0.2, 0.25) is 0 Å². The van der Waals surface area contributed by atoms with Crippen molar-refractivity contribution in [1.29, 1.82) is 0 Å². The minimum absolute atomic E-state index is 0.222. The number of aryl methyl sites for hydroxylation is 2. The first kappa shape index (κ1) is 28.5. The highest BCUT2D eigenvalue weighted by Gasteiger charge is 2.04. The van der Waals surface area contributed by atoms with Crippen LogP contribution in [0.1, 0.15) is 38.8 Å². The van der Waals surface area contributed by atoms with Gasteiger partial charge >= 0.3 is 0 Å². The van der Waals surface area contributed by atoms with Crippen LogP contribution in [-0.4, -0.2) is 21.2 Å². The minimum atomic E-state index is -0.391. The van der Waals surface area contributed by atoms with Gasteiger partial charge in [-0.3, -0.25) is 15.0 Å². The number of hydrazine groups is 2. The Labute approximate surface area is 179 Å². The van der Waals surface area contributed by atoms with E-state index in [-0.39, 0.29) is 10.7 Å². The first-order valence-electron chi connectivity index (χ1n) is 7.82. The summed E-state index contributed by atoms with van der Waals surface area (Å²) in [5.41, 5.74) is 6.39. The molecule has 1 amide bonds. The molecule has 0 aromatic heterocycles. The van der Waals surface area contributed by atoms with Crippen LogP contribution in [0.15, 0.2) is 48.5 Å². The molecule has 0 bridgehead atoms. The quantitative estimate of drug-likeness (QED) is 0.156. The van der Waals surface area contributed by atoms with Gasteiger partial charge in [0.15, 0.2) is 0 Å². The first-order chi connectivity index (χ1) is 13.1. The Hall–Kier alpha value is -1.71. The number of nitrogens with two attached hydrogens (primary N) is 2. The van der Waals surface area contributed by atoms with Gasteiger partial charge in [0, 0.05) is 11.1 Å². The van der Waals surface area contributed by atoms with Gasteiger partial charge in [-0.05, 0) is 55.6 Å². The maximum atomic E-state index is 11.0. The number of hydrogen-bond donors (Lipinski definition) is 5. The van der Waals surface area contributed by atoms with E-state index in [1.807, 2.05) is 38.1 Å². The zero-order valence-electron chi connectivity index (χ0n) is 15.7. The van der Waals surface area contributed by atoms with Crippen LogP contribution in [0, 0.1) is 13.8 Å². The lowest BCUT2D eigenvalue weighted by molar-refractivity contribution is 0.0952.